The molecule has 0 bridgehead atoms. The molecule has 0 aliphatic carbocycles. The molecule has 14 heavy (non-hydrogen) atoms. The SMILES string of the molecule is CCCN=C(N)Nc1cnccc1C. The van der Waals surface area contributed by atoms with Crippen LogP contribution in [0.5, 0.6) is 0 Å². The Morgan fingerprint density at radius 3 is 3.07 bits per heavy atom. The van der Waals surface area contributed by atoms with Crippen LogP contribution in [0.3, 0.4) is 0 Å². The average molecular weight is 192 g/mol. The predicted molar refractivity (Wildman–Crippen MR) is 59.4 cm³/mol. The van der Waals surface area contributed by atoms with Gasteiger partial charge in [-0.25, -0.2) is 0 Å². The molecule has 1 rings (SSSR count). The molecular weight excluding hydrogens is 176 g/mol. The van der Waals surface area contributed by atoms with Gasteiger partial charge in [-0.3, -0.25) is 9.98 Å². The highest BCUT2D eigenvalue weighted by Gasteiger charge is 1.97. The van der Waals surface area contributed by atoms with Crippen LogP contribution in [0.2, 0.25) is 0 Å². The fourth-order valence-electron chi connectivity index (χ4n) is 1.00. The van der Waals surface area contributed by atoms with Crippen LogP contribution in [0.25, 0.3) is 0 Å². The van der Waals surface area contributed by atoms with E-state index in [0.29, 0.717) is 5.96 Å². The lowest BCUT2D eigenvalue weighted by Crippen LogP contribution is -2.23. The van der Waals surface area contributed by atoms with E-state index in [-0.39, 0.29) is 0 Å². The highest BCUT2D eigenvalue weighted by atomic mass is 15.1. The van der Waals surface area contributed by atoms with Crippen LogP contribution in [-0.4, -0.2) is 17.5 Å². The zero-order chi connectivity index (χ0) is 10.4. The van der Waals surface area contributed by atoms with E-state index in [1.807, 2.05) is 13.0 Å². The second kappa shape index (κ2) is 5.21. The van der Waals surface area contributed by atoms with Gasteiger partial charge in [0.25, 0.3) is 0 Å². The smallest absolute Gasteiger partial charge is 0.193 e. The summed E-state index contributed by atoms with van der Waals surface area (Å²) >= 11 is 0. The summed E-state index contributed by atoms with van der Waals surface area (Å²) in [4.78, 5) is 8.14. The lowest BCUT2D eigenvalue weighted by molar-refractivity contribution is 0.929. The number of nitrogens with zero attached hydrogens (tertiary/aromatic N) is 2. The summed E-state index contributed by atoms with van der Waals surface area (Å²) < 4.78 is 0. The maximum absolute atomic E-state index is 5.67. The molecule has 76 valence electrons. The maximum Gasteiger partial charge on any atom is 0.193 e. The van der Waals surface area contributed by atoms with Crippen molar-refractivity contribution >= 4 is 11.6 Å². The van der Waals surface area contributed by atoms with Crippen molar-refractivity contribution in [2.75, 3.05) is 11.9 Å². The fraction of sp³-hybridized carbons (Fsp3) is 0.400. The third kappa shape index (κ3) is 3.05. The standard InChI is InChI=1S/C10H16N4/c1-3-5-13-10(11)14-9-7-12-6-4-8(9)2/h4,6-7H,3,5H2,1-2H3,(H3,11,13,14). The largest absolute Gasteiger partial charge is 0.370 e. The van der Waals surface area contributed by atoms with Crippen LogP contribution in [-0.2, 0) is 0 Å². The highest BCUT2D eigenvalue weighted by molar-refractivity contribution is 5.92. The number of aromatic nitrogens is 1. The van der Waals surface area contributed by atoms with Crippen molar-refractivity contribution in [1.82, 2.24) is 4.98 Å². The number of nitrogens with one attached hydrogen (secondary N) is 1. The maximum atomic E-state index is 5.67. The zero-order valence-corrected chi connectivity index (χ0v) is 8.62. The summed E-state index contributed by atoms with van der Waals surface area (Å²) in [5, 5.41) is 3.01. The second-order valence-electron chi connectivity index (χ2n) is 3.08. The third-order valence-electron chi connectivity index (χ3n) is 1.81. The molecule has 0 unspecified atom stereocenters. The first-order valence-corrected chi connectivity index (χ1v) is 4.71. The van der Waals surface area contributed by atoms with E-state index in [1.54, 1.807) is 12.4 Å². The minimum absolute atomic E-state index is 0.447. The van der Waals surface area contributed by atoms with Gasteiger partial charge >= 0.3 is 0 Å². The van der Waals surface area contributed by atoms with Crippen LogP contribution in [0, 0.1) is 6.92 Å². The summed E-state index contributed by atoms with van der Waals surface area (Å²) in [6.45, 7) is 4.81. The Morgan fingerprint density at radius 2 is 2.43 bits per heavy atom. The van der Waals surface area contributed by atoms with Gasteiger partial charge in [0.1, 0.15) is 0 Å². The molecule has 4 nitrogen and oxygen atoms in total. The van der Waals surface area contributed by atoms with Crippen molar-refractivity contribution in [3.05, 3.63) is 24.0 Å². The van der Waals surface area contributed by atoms with Gasteiger partial charge in [-0.05, 0) is 25.0 Å². The Hall–Kier alpha value is -1.58. The minimum atomic E-state index is 0.447. The van der Waals surface area contributed by atoms with E-state index < -0.39 is 0 Å². The lowest BCUT2D eigenvalue weighted by atomic mass is 10.2. The highest BCUT2D eigenvalue weighted by Crippen LogP contribution is 2.10. The molecule has 1 heterocycles. The molecule has 4 heteroatoms. The number of aliphatic imine (C=N–C) groups is 1. The Kier molecular flexibility index (Phi) is 3.91. The van der Waals surface area contributed by atoms with Crippen LogP contribution in [0.15, 0.2) is 23.5 Å². The molecule has 0 radical (unpaired) electrons. The molecule has 0 fully saturated rings. The molecule has 0 aliphatic rings. The Morgan fingerprint density at radius 1 is 1.64 bits per heavy atom. The molecule has 0 atom stereocenters. The number of anilines is 1. The van der Waals surface area contributed by atoms with Crippen molar-refractivity contribution in [2.45, 2.75) is 20.3 Å². The zero-order valence-electron chi connectivity index (χ0n) is 8.62. The van der Waals surface area contributed by atoms with Gasteiger partial charge in [0.05, 0.1) is 11.9 Å². The number of guanidine groups is 1. The Labute approximate surface area is 84.3 Å². The lowest BCUT2D eigenvalue weighted by Gasteiger charge is -2.07. The summed E-state index contributed by atoms with van der Waals surface area (Å²) in [5.74, 6) is 0.447. The monoisotopic (exact) mass is 192 g/mol. The normalized spacial score (nSPS) is 11.4. The summed E-state index contributed by atoms with van der Waals surface area (Å²) in [7, 11) is 0. The van der Waals surface area contributed by atoms with Gasteiger partial charge in [-0.1, -0.05) is 6.92 Å². The second-order valence-corrected chi connectivity index (χ2v) is 3.08. The fourth-order valence-corrected chi connectivity index (χ4v) is 1.00. The topological polar surface area (TPSA) is 63.3 Å². The van der Waals surface area contributed by atoms with Crippen molar-refractivity contribution in [1.29, 1.82) is 0 Å². The average Bonchev–Trinajstić information content (AvgIpc) is 2.18. The van der Waals surface area contributed by atoms with Crippen LogP contribution in [0.1, 0.15) is 18.9 Å². The number of pyridine rings is 1. The van der Waals surface area contributed by atoms with Crippen LogP contribution in [0.4, 0.5) is 5.69 Å². The summed E-state index contributed by atoms with van der Waals surface area (Å²) in [6, 6.07) is 1.93. The quantitative estimate of drug-likeness (QED) is 0.564. The number of hydrogen-bond acceptors (Lipinski definition) is 2. The molecule has 3 N–H and O–H groups in total. The van der Waals surface area contributed by atoms with Gasteiger partial charge < -0.3 is 11.1 Å². The molecule has 0 amide bonds. The van der Waals surface area contributed by atoms with Gasteiger partial charge in [-0.2, -0.15) is 0 Å². The molecule has 0 aliphatic heterocycles. The molecule has 1 aromatic heterocycles. The molecule has 0 saturated heterocycles. The number of nitrogens with two attached hydrogens (primary N) is 1. The predicted octanol–water partition coefficient (Wildman–Crippen LogP) is 1.53. The minimum Gasteiger partial charge on any atom is -0.370 e. The van der Waals surface area contributed by atoms with Gasteiger partial charge in [0.15, 0.2) is 5.96 Å². The van der Waals surface area contributed by atoms with Gasteiger partial charge in [-0.15, -0.1) is 0 Å². The van der Waals surface area contributed by atoms with E-state index in [9.17, 15) is 0 Å². The van der Waals surface area contributed by atoms with Gasteiger partial charge in [0, 0.05) is 12.7 Å². The molecule has 0 aromatic carbocycles. The van der Waals surface area contributed by atoms with Crippen molar-refractivity contribution < 1.29 is 0 Å². The third-order valence-corrected chi connectivity index (χ3v) is 1.81. The molecular formula is C10H16N4. The Balaban J connectivity index is 2.64. The molecule has 0 saturated carbocycles. The first kappa shape index (κ1) is 10.5. The van der Waals surface area contributed by atoms with Crippen molar-refractivity contribution in [2.24, 2.45) is 10.7 Å². The first-order valence-electron chi connectivity index (χ1n) is 4.71. The van der Waals surface area contributed by atoms with E-state index in [2.05, 4.69) is 22.2 Å². The first-order chi connectivity index (χ1) is 6.74. The van der Waals surface area contributed by atoms with Crippen LogP contribution < -0.4 is 11.1 Å². The van der Waals surface area contributed by atoms with E-state index in [4.69, 9.17) is 5.73 Å². The molecule has 0 spiro atoms. The van der Waals surface area contributed by atoms with Gasteiger partial charge in [0.2, 0.25) is 0 Å². The van der Waals surface area contributed by atoms with Crippen molar-refractivity contribution in [3.63, 3.8) is 0 Å². The number of hydrogen-bond donors (Lipinski definition) is 2. The Bertz CT molecular complexity index is 320. The number of rotatable bonds is 3. The van der Waals surface area contributed by atoms with E-state index in [1.165, 1.54) is 0 Å². The van der Waals surface area contributed by atoms with Crippen molar-refractivity contribution in [3.8, 4) is 0 Å². The van der Waals surface area contributed by atoms with E-state index in [0.717, 1.165) is 24.2 Å². The van der Waals surface area contributed by atoms with Crippen LogP contribution >= 0.6 is 0 Å². The summed E-state index contributed by atoms with van der Waals surface area (Å²) in [5.41, 5.74) is 7.69. The number of aryl methyl sites for hydroxylation is 1. The molecule has 1 aromatic rings. The van der Waals surface area contributed by atoms with E-state index >= 15 is 0 Å². The summed E-state index contributed by atoms with van der Waals surface area (Å²) in [6.07, 6.45) is 4.48.